The molecule has 2 aromatic heterocycles. The summed E-state index contributed by atoms with van der Waals surface area (Å²) >= 11 is 0. The smallest absolute Gasteiger partial charge is 0.145 e. The highest BCUT2D eigenvalue weighted by Gasteiger charge is 2.28. The van der Waals surface area contributed by atoms with E-state index in [4.69, 9.17) is 0 Å². The van der Waals surface area contributed by atoms with Crippen LogP contribution >= 0.6 is 0 Å². The van der Waals surface area contributed by atoms with Crippen molar-refractivity contribution in [2.45, 2.75) is 12.5 Å². The fourth-order valence-electron chi connectivity index (χ4n) is 2.12. The molecule has 94 valence electrons. The third-order valence-electron chi connectivity index (χ3n) is 3.26. The highest BCUT2D eigenvalue weighted by atomic mass is 16.3. The molecular formula is C16H14N2O. The third kappa shape index (κ3) is 2.09. The first-order valence-electron chi connectivity index (χ1n) is 6.18. The van der Waals surface area contributed by atoms with E-state index in [9.17, 15) is 5.11 Å². The van der Waals surface area contributed by atoms with Crippen LogP contribution in [-0.4, -0.2) is 15.1 Å². The van der Waals surface area contributed by atoms with Gasteiger partial charge in [0.05, 0.1) is 16.9 Å². The second-order valence-electron chi connectivity index (χ2n) is 4.68. The van der Waals surface area contributed by atoms with Crippen molar-refractivity contribution in [3.05, 3.63) is 72.2 Å². The van der Waals surface area contributed by atoms with Gasteiger partial charge in [-0.15, -0.1) is 0 Å². The molecule has 1 atom stereocenters. The fourth-order valence-corrected chi connectivity index (χ4v) is 2.12. The van der Waals surface area contributed by atoms with E-state index in [1.807, 2.05) is 48.5 Å². The predicted octanol–water partition coefficient (Wildman–Crippen LogP) is 2.89. The lowest BCUT2D eigenvalue weighted by Gasteiger charge is -2.22. The number of hydrogen-bond donors (Lipinski definition) is 1. The second kappa shape index (κ2) is 4.44. The minimum Gasteiger partial charge on any atom is -0.377 e. The van der Waals surface area contributed by atoms with Crippen molar-refractivity contribution in [1.82, 2.24) is 9.97 Å². The molecular weight excluding hydrogens is 236 g/mol. The van der Waals surface area contributed by atoms with E-state index in [1.54, 1.807) is 19.2 Å². The van der Waals surface area contributed by atoms with Crippen molar-refractivity contribution in [3.8, 4) is 0 Å². The number of aromatic nitrogens is 2. The number of pyridine rings is 2. The van der Waals surface area contributed by atoms with E-state index < -0.39 is 5.60 Å². The molecule has 2 heterocycles. The van der Waals surface area contributed by atoms with Crippen LogP contribution in [0.15, 0.2) is 60.8 Å². The van der Waals surface area contributed by atoms with Crippen molar-refractivity contribution in [3.63, 3.8) is 0 Å². The number of hydrogen-bond acceptors (Lipinski definition) is 3. The van der Waals surface area contributed by atoms with E-state index >= 15 is 0 Å². The molecule has 0 radical (unpaired) electrons. The van der Waals surface area contributed by atoms with Gasteiger partial charge >= 0.3 is 0 Å². The van der Waals surface area contributed by atoms with Crippen LogP contribution < -0.4 is 0 Å². The lowest BCUT2D eigenvalue weighted by atomic mass is 9.96. The molecule has 0 fully saturated rings. The average molecular weight is 250 g/mol. The van der Waals surface area contributed by atoms with Crippen molar-refractivity contribution in [2.75, 3.05) is 0 Å². The van der Waals surface area contributed by atoms with E-state index in [0.29, 0.717) is 11.4 Å². The van der Waals surface area contributed by atoms with Gasteiger partial charge in [-0.1, -0.05) is 30.3 Å². The molecule has 3 aromatic rings. The Kier molecular flexibility index (Phi) is 2.76. The summed E-state index contributed by atoms with van der Waals surface area (Å²) in [7, 11) is 0. The lowest BCUT2D eigenvalue weighted by Crippen LogP contribution is -2.25. The summed E-state index contributed by atoms with van der Waals surface area (Å²) in [5.74, 6) is 0. The molecule has 0 saturated heterocycles. The van der Waals surface area contributed by atoms with Crippen molar-refractivity contribution in [2.24, 2.45) is 0 Å². The van der Waals surface area contributed by atoms with Crippen LogP contribution in [0.1, 0.15) is 18.3 Å². The first kappa shape index (κ1) is 11.8. The van der Waals surface area contributed by atoms with Gasteiger partial charge < -0.3 is 5.11 Å². The summed E-state index contributed by atoms with van der Waals surface area (Å²) in [5.41, 5.74) is 0.879. The zero-order chi connectivity index (χ0) is 13.3. The maximum absolute atomic E-state index is 10.7. The van der Waals surface area contributed by atoms with Gasteiger partial charge in [-0.25, -0.2) is 4.98 Å². The Morgan fingerprint density at radius 2 is 1.68 bits per heavy atom. The molecule has 0 aliphatic heterocycles. The molecule has 3 heteroatoms. The minimum absolute atomic E-state index is 0.595. The first-order valence-corrected chi connectivity index (χ1v) is 6.18. The quantitative estimate of drug-likeness (QED) is 0.760. The summed E-state index contributed by atoms with van der Waals surface area (Å²) in [4.78, 5) is 8.75. The topological polar surface area (TPSA) is 46.0 Å². The van der Waals surface area contributed by atoms with E-state index in [1.165, 1.54) is 0 Å². The SMILES string of the molecule is CC(O)(c1ccccn1)c1ccc2ccccc2n1. The Hall–Kier alpha value is -2.26. The predicted molar refractivity (Wildman–Crippen MR) is 74.7 cm³/mol. The van der Waals surface area contributed by atoms with Gasteiger partial charge in [-0.2, -0.15) is 0 Å². The fraction of sp³-hybridized carbons (Fsp3) is 0.125. The molecule has 3 rings (SSSR count). The normalized spacial score (nSPS) is 14.2. The molecule has 1 N–H and O–H groups in total. The third-order valence-corrected chi connectivity index (χ3v) is 3.26. The van der Waals surface area contributed by atoms with E-state index in [2.05, 4.69) is 9.97 Å². The summed E-state index contributed by atoms with van der Waals surface area (Å²) < 4.78 is 0. The Morgan fingerprint density at radius 3 is 2.47 bits per heavy atom. The first-order chi connectivity index (χ1) is 9.18. The maximum Gasteiger partial charge on any atom is 0.145 e. The molecule has 1 aromatic carbocycles. The average Bonchev–Trinajstić information content (AvgIpc) is 2.47. The van der Waals surface area contributed by atoms with E-state index in [0.717, 1.165) is 10.9 Å². The molecule has 19 heavy (non-hydrogen) atoms. The van der Waals surface area contributed by atoms with Gasteiger partial charge in [-0.05, 0) is 31.2 Å². The number of fused-ring (bicyclic) bond motifs is 1. The van der Waals surface area contributed by atoms with Crippen LogP contribution in [0.2, 0.25) is 0 Å². The van der Waals surface area contributed by atoms with Crippen LogP contribution in [-0.2, 0) is 5.60 Å². The van der Waals surface area contributed by atoms with Gasteiger partial charge in [0.2, 0.25) is 0 Å². The van der Waals surface area contributed by atoms with Gasteiger partial charge in [-0.3, -0.25) is 4.98 Å². The molecule has 0 saturated carbocycles. The Balaban J connectivity index is 2.13. The van der Waals surface area contributed by atoms with Crippen LogP contribution in [0.3, 0.4) is 0 Å². The highest BCUT2D eigenvalue weighted by molar-refractivity contribution is 5.78. The molecule has 3 nitrogen and oxygen atoms in total. The van der Waals surface area contributed by atoms with E-state index in [-0.39, 0.29) is 0 Å². The summed E-state index contributed by atoms with van der Waals surface area (Å²) in [6, 6.07) is 17.2. The number of nitrogens with zero attached hydrogens (tertiary/aromatic N) is 2. The van der Waals surface area contributed by atoms with Crippen LogP contribution in [0.4, 0.5) is 0 Å². The molecule has 0 spiro atoms. The molecule has 0 aliphatic carbocycles. The zero-order valence-corrected chi connectivity index (χ0v) is 10.6. The molecule has 0 aliphatic rings. The maximum atomic E-state index is 10.7. The number of rotatable bonds is 2. The van der Waals surface area contributed by atoms with Crippen molar-refractivity contribution in [1.29, 1.82) is 0 Å². The Labute approximate surface area is 111 Å². The van der Waals surface area contributed by atoms with Crippen LogP contribution in [0, 0.1) is 0 Å². The monoisotopic (exact) mass is 250 g/mol. The van der Waals surface area contributed by atoms with Crippen molar-refractivity contribution < 1.29 is 5.11 Å². The number of para-hydroxylation sites is 1. The number of benzene rings is 1. The van der Waals surface area contributed by atoms with Gasteiger partial charge in [0.25, 0.3) is 0 Å². The summed E-state index contributed by atoms with van der Waals surface area (Å²) in [6.07, 6.45) is 1.67. The minimum atomic E-state index is -1.19. The van der Waals surface area contributed by atoms with Gasteiger partial charge in [0, 0.05) is 11.6 Å². The van der Waals surface area contributed by atoms with Crippen LogP contribution in [0.25, 0.3) is 10.9 Å². The van der Waals surface area contributed by atoms with Crippen molar-refractivity contribution >= 4 is 10.9 Å². The van der Waals surface area contributed by atoms with Crippen LogP contribution in [0.5, 0.6) is 0 Å². The summed E-state index contributed by atoms with van der Waals surface area (Å²) in [6.45, 7) is 1.71. The Morgan fingerprint density at radius 1 is 0.895 bits per heavy atom. The number of aliphatic hydroxyl groups is 1. The zero-order valence-electron chi connectivity index (χ0n) is 10.6. The lowest BCUT2D eigenvalue weighted by molar-refractivity contribution is 0.0930. The Bertz CT molecular complexity index is 708. The summed E-state index contributed by atoms with van der Waals surface area (Å²) in [5, 5.41) is 11.7. The standard InChI is InChI=1S/C16H14N2O/c1-16(19,14-8-4-5-11-17-14)15-10-9-12-6-2-3-7-13(12)18-15/h2-11,19H,1H3. The largest absolute Gasteiger partial charge is 0.377 e. The molecule has 1 unspecified atom stereocenters. The van der Waals surface area contributed by atoms with Gasteiger partial charge in [0.15, 0.2) is 0 Å². The van der Waals surface area contributed by atoms with Gasteiger partial charge in [0.1, 0.15) is 5.60 Å². The molecule has 0 amide bonds. The molecule has 0 bridgehead atoms. The second-order valence-corrected chi connectivity index (χ2v) is 4.68. The highest BCUT2D eigenvalue weighted by Crippen LogP contribution is 2.27.